The van der Waals surface area contributed by atoms with E-state index < -0.39 is 5.92 Å². The second-order valence-corrected chi connectivity index (χ2v) is 6.69. The van der Waals surface area contributed by atoms with E-state index in [1.165, 1.54) is 10.5 Å². The van der Waals surface area contributed by atoms with Gasteiger partial charge in [0, 0.05) is 38.8 Å². The summed E-state index contributed by atoms with van der Waals surface area (Å²) in [7, 11) is 1.63. The van der Waals surface area contributed by atoms with E-state index in [0.717, 1.165) is 12.1 Å². The lowest BCUT2D eigenvalue weighted by Gasteiger charge is -2.25. The molecule has 2 rings (SSSR count). The Morgan fingerprint density at radius 1 is 1.12 bits per heavy atom. The van der Waals surface area contributed by atoms with Crippen LogP contribution in [0, 0.1) is 5.92 Å². The highest BCUT2D eigenvalue weighted by Gasteiger charge is 2.36. The molecule has 1 aromatic rings. The third kappa shape index (κ3) is 4.42. The molecule has 26 heavy (non-hydrogen) atoms. The first-order valence-corrected chi connectivity index (χ1v) is 9.33. The number of carbonyl (C=O) groups is 3. The Morgan fingerprint density at radius 2 is 1.73 bits per heavy atom. The SMILES string of the molecule is CCc1ccc(N2CC(C(=O)N(C)CC(=O)N(CC)CC)CC2=O)cc1. The van der Waals surface area contributed by atoms with Crippen molar-refractivity contribution in [3.8, 4) is 0 Å². The van der Waals surface area contributed by atoms with E-state index in [2.05, 4.69) is 6.92 Å². The van der Waals surface area contributed by atoms with Gasteiger partial charge in [-0.2, -0.15) is 0 Å². The van der Waals surface area contributed by atoms with E-state index in [9.17, 15) is 14.4 Å². The summed E-state index contributed by atoms with van der Waals surface area (Å²) in [5.74, 6) is -0.660. The number of hydrogen-bond acceptors (Lipinski definition) is 3. The highest BCUT2D eigenvalue weighted by atomic mass is 16.2. The summed E-state index contributed by atoms with van der Waals surface area (Å²) < 4.78 is 0. The number of anilines is 1. The summed E-state index contributed by atoms with van der Waals surface area (Å²) in [6, 6.07) is 7.87. The highest BCUT2D eigenvalue weighted by molar-refractivity contribution is 6.00. The van der Waals surface area contributed by atoms with Crippen molar-refractivity contribution in [3.05, 3.63) is 29.8 Å². The van der Waals surface area contributed by atoms with Crippen LogP contribution in [0.3, 0.4) is 0 Å². The van der Waals surface area contributed by atoms with Crippen molar-refractivity contribution >= 4 is 23.4 Å². The fraction of sp³-hybridized carbons (Fsp3) is 0.550. The molecule has 1 atom stereocenters. The van der Waals surface area contributed by atoms with Gasteiger partial charge in [0.2, 0.25) is 17.7 Å². The first-order chi connectivity index (χ1) is 12.4. The normalized spacial score (nSPS) is 16.7. The molecule has 1 unspecified atom stereocenters. The van der Waals surface area contributed by atoms with Gasteiger partial charge in [0.1, 0.15) is 0 Å². The van der Waals surface area contributed by atoms with Gasteiger partial charge >= 0.3 is 0 Å². The maximum Gasteiger partial charge on any atom is 0.242 e. The van der Waals surface area contributed by atoms with Gasteiger partial charge in [0.25, 0.3) is 0 Å². The number of benzene rings is 1. The number of carbonyl (C=O) groups excluding carboxylic acids is 3. The molecule has 0 saturated carbocycles. The van der Waals surface area contributed by atoms with Gasteiger partial charge in [0.05, 0.1) is 12.5 Å². The summed E-state index contributed by atoms with van der Waals surface area (Å²) >= 11 is 0. The molecule has 1 aliphatic heterocycles. The summed E-state index contributed by atoms with van der Waals surface area (Å²) in [5, 5.41) is 0. The maximum absolute atomic E-state index is 12.7. The molecule has 1 heterocycles. The molecule has 0 aliphatic carbocycles. The Balaban J connectivity index is 2.00. The van der Waals surface area contributed by atoms with Gasteiger partial charge < -0.3 is 14.7 Å². The van der Waals surface area contributed by atoms with Gasteiger partial charge in [0.15, 0.2) is 0 Å². The zero-order valence-electron chi connectivity index (χ0n) is 16.2. The predicted octanol–water partition coefficient (Wildman–Crippen LogP) is 1.93. The standard InChI is InChI=1S/C20H29N3O3/c1-5-15-8-10-17(11-9-15)23-13-16(12-18(23)24)20(26)21(4)14-19(25)22(6-2)7-3/h8-11,16H,5-7,12-14H2,1-4H3. The molecule has 6 heteroatoms. The van der Waals surface area contributed by atoms with Crippen LogP contribution in [0.15, 0.2) is 24.3 Å². The molecule has 142 valence electrons. The summed E-state index contributed by atoms with van der Waals surface area (Å²) in [6.07, 6.45) is 1.14. The molecule has 6 nitrogen and oxygen atoms in total. The molecule has 3 amide bonds. The third-order valence-corrected chi connectivity index (χ3v) is 5.00. The van der Waals surface area contributed by atoms with Crippen molar-refractivity contribution in [1.82, 2.24) is 9.80 Å². The molecule has 0 bridgehead atoms. The van der Waals surface area contributed by atoms with E-state index in [-0.39, 0.29) is 30.7 Å². The topological polar surface area (TPSA) is 60.9 Å². The van der Waals surface area contributed by atoms with Crippen molar-refractivity contribution in [1.29, 1.82) is 0 Å². The first-order valence-electron chi connectivity index (χ1n) is 9.33. The number of aryl methyl sites for hydroxylation is 1. The average molecular weight is 359 g/mol. The molecule has 0 spiro atoms. The molecular formula is C20H29N3O3. The van der Waals surface area contributed by atoms with Crippen molar-refractivity contribution in [2.45, 2.75) is 33.6 Å². The smallest absolute Gasteiger partial charge is 0.242 e. The zero-order chi connectivity index (χ0) is 19.3. The van der Waals surface area contributed by atoms with Gasteiger partial charge in [-0.15, -0.1) is 0 Å². The lowest BCUT2D eigenvalue weighted by molar-refractivity contribution is -0.141. The molecule has 1 aliphatic rings. The molecule has 1 aromatic carbocycles. The van der Waals surface area contributed by atoms with Crippen LogP contribution in [0.2, 0.25) is 0 Å². The van der Waals surface area contributed by atoms with E-state index >= 15 is 0 Å². The first kappa shape index (κ1) is 19.9. The predicted molar refractivity (Wildman–Crippen MR) is 102 cm³/mol. The molecule has 1 saturated heterocycles. The minimum absolute atomic E-state index is 0.0453. The third-order valence-electron chi connectivity index (χ3n) is 5.00. The van der Waals surface area contributed by atoms with Crippen molar-refractivity contribution < 1.29 is 14.4 Å². The minimum atomic E-state index is -0.400. The lowest BCUT2D eigenvalue weighted by Crippen LogP contribution is -2.43. The van der Waals surface area contributed by atoms with Crippen LogP contribution in [0.5, 0.6) is 0 Å². The second-order valence-electron chi connectivity index (χ2n) is 6.69. The fourth-order valence-electron chi connectivity index (χ4n) is 3.30. The summed E-state index contributed by atoms with van der Waals surface area (Å²) in [6.45, 7) is 7.59. The van der Waals surface area contributed by atoms with Crippen LogP contribution in [-0.4, -0.2) is 60.7 Å². The molecule has 1 fully saturated rings. The van der Waals surface area contributed by atoms with Gasteiger partial charge in [-0.25, -0.2) is 0 Å². The van der Waals surface area contributed by atoms with Crippen molar-refractivity contribution in [2.24, 2.45) is 5.92 Å². The van der Waals surface area contributed by atoms with E-state index in [1.54, 1.807) is 16.8 Å². The van der Waals surface area contributed by atoms with E-state index in [0.29, 0.717) is 19.6 Å². The van der Waals surface area contributed by atoms with Crippen molar-refractivity contribution in [2.75, 3.05) is 38.1 Å². The zero-order valence-corrected chi connectivity index (χ0v) is 16.2. The lowest BCUT2D eigenvalue weighted by atomic mass is 10.1. The Morgan fingerprint density at radius 3 is 2.27 bits per heavy atom. The minimum Gasteiger partial charge on any atom is -0.342 e. The largest absolute Gasteiger partial charge is 0.342 e. The average Bonchev–Trinajstić information content (AvgIpc) is 3.03. The van der Waals surface area contributed by atoms with Crippen molar-refractivity contribution in [3.63, 3.8) is 0 Å². The fourth-order valence-corrected chi connectivity index (χ4v) is 3.30. The van der Waals surface area contributed by atoms with Crippen LogP contribution < -0.4 is 4.90 Å². The van der Waals surface area contributed by atoms with Crippen LogP contribution in [0.1, 0.15) is 32.8 Å². The van der Waals surface area contributed by atoms with Crippen LogP contribution in [-0.2, 0) is 20.8 Å². The number of hydrogen-bond donors (Lipinski definition) is 0. The van der Waals surface area contributed by atoms with Crippen LogP contribution >= 0.6 is 0 Å². The monoisotopic (exact) mass is 359 g/mol. The van der Waals surface area contributed by atoms with E-state index in [4.69, 9.17) is 0 Å². The number of amides is 3. The van der Waals surface area contributed by atoms with Crippen LogP contribution in [0.4, 0.5) is 5.69 Å². The molecular weight excluding hydrogens is 330 g/mol. The Hall–Kier alpha value is -2.37. The quantitative estimate of drug-likeness (QED) is 0.747. The number of rotatable bonds is 7. The number of likely N-dealkylation sites (N-methyl/N-ethyl adjacent to an activating group) is 2. The summed E-state index contributed by atoms with van der Waals surface area (Å²) in [5.41, 5.74) is 2.03. The Bertz CT molecular complexity index is 653. The van der Waals surface area contributed by atoms with Crippen LogP contribution in [0.25, 0.3) is 0 Å². The number of nitrogens with zero attached hydrogens (tertiary/aromatic N) is 3. The molecule has 0 radical (unpaired) electrons. The molecule has 0 N–H and O–H groups in total. The second kappa shape index (κ2) is 8.83. The summed E-state index contributed by atoms with van der Waals surface area (Å²) in [4.78, 5) is 42.1. The van der Waals surface area contributed by atoms with E-state index in [1.807, 2.05) is 38.1 Å². The molecule has 0 aromatic heterocycles. The Kier molecular flexibility index (Phi) is 6.77. The highest BCUT2D eigenvalue weighted by Crippen LogP contribution is 2.26. The maximum atomic E-state index is 12.7. The Labute approximate surface area is 155 Å². The van der Waals surface area contributed by atoms with Gasteiger partial charge in [-0.05, 0) is 38.0 Å². The van der Waals surface area contributed by atoms with Gasteiger partial charge in [-0.1, -0.05) is 19.1 Å². The van der Waals surface area contributed by atoms with Gasteiger partial charge in [-0.3, -0.25) is 14.4 Å².